The van der Waals surface area contributed by atoms with E-state index in [4.69, 9.17) is 19.4 Å². The molecule has 2 saturated heterocycles. The van der Waals surface area contributed by atoms with Crippen LogP contribution in [0.15, 0.2) is 24.3 Å². The van der Waals surface area contributed by atoms with Gasteiger partial charge in [0.15, 0.2) is 0 Å². The van der Waals surface area contributed by atoms with Crippen LogP contribution in [0.5, 0.6) is 0 Å². The summed E-state index contributed by atoms with van der Waals surface area (Å²) in [6.45, 7) is 13.4. The van der Waals surface area contributed by atoms with Crippen LogP contribution in [0.3, 0.4) is 0 Å². The van der Waals surface area contributed by atoms with Crippen molar-refractivity contribution in [1.82, 2.24) is 14.9 Å². The molecular weight excluding hydrogens is 462 g/mol. The van der Waals surface area contributed by atoms with Crippen molar-refractivity contribution in [2.75, 3.05) is 62.8 Å². The number of carbonyl (C=O) groups is 1. The highest BCUT2D eigenvalue weighted by Crippen LogP contribution is 2.37. The molecule has 2 aromatic heterocycles. The van der Waals surface area contributed by atoms with Crippen molar-refractivity contribution in [2.24, 2.45) is 0 Å². The fraction of sp³-hybridized carbons (Fsp3) is 0.500. The molecule has 4 heterocycles. The van der Waals surface area contributed by atoms with E-state index < -0.39 is 0 Å². The quantitative estimate of drug-likeness (QED) is 0.497. The normalized spacial score (nSPS) is 19.4. The zero-order chi connectivity index (χ0) is 24.5. The van der Waals surface area contributed by atoms with Gasteiger partial charge in [0, 0.05) is 49.3 Å². The van der Waals surface area contributed by atoms with Crippen molar-refractivity contribution in [2.45, 2.75) is 33.4 Å². The Morgan fingerprint density at radius 1 is 1.11 bits per heavy atom. The maximum absolute atomic E-state index is 11.8. The molecule has 0 aliphatic carbocycles. The molecule has 1 atom stereocenters. The number of esters is 1. The van der Waals surface area contributed by atoms with Crippen molar-refractivity contribution in [3.63, 3.8) is 0 Å². The standard InChI is InChI=1S/C26H33N5O3S/c1-17-15-30(21-7-5-20(6-8-21)26(32)33-4)9-10-31(17)24-23-18(2)19(3)35-25(23)28-22(27-24)16-29-11-13-34-14-12-29/h5-8,17H,9-16H2,1-4H3. The van der Waals surface area contributed by atoms with E-state index >= 15 is 0 Å². The Morgan fingerprint density at radius 2 is 1.86 bits per heavy atom. The summed E-state index contributed by atoms with van der Waals surface area (Å²) >= 11 is 1.77. The number of carbonyl (C=O) groups excluding carboxylic acids is 1. The van der Waals surface area contributed by atoms with Crippen LogP contribution in [-0.4, -0.2) is 79.9 Å². The molecule has 0 N–H and O–H groups in total. The fourth-order valence-electron chi connectivity index (χ4n) is 4.94. The number of anilines is 2. The van der Waals surface area contributed by atoms with Crippen LogP contribution in [0.1, 0.15) is 33.5 Å². The molecule has 2 aliphatic rings. The largest absolute Gasteiger partial charge is 0.465 e. The first-order chi connectivity index (χ1) is 16.9. The minimum absolute atomic E-state index is 0.276. The average Bonchev–Trinajstić information content (AvgIpc) is 3.16. The van der Waals surface area contributed by atoms with Gasteiger partial charge in [0.05, 0.1) is 37.8 Å². The van der Waals surface area contributed by atoms with E-state index in [0.717, 1.165) is 74.6 Å². The van der Waals surface area contributed by atoms with E-state index in [0.29, 0.717) is 5.56 Å². The van der Waals surface area contributed by atoms with Crippen molar-refractivity contribution in [3.05, 3.63) is 46.1 Å². The molecule has 5 rings (SSSR count). The number of hydrogen-bond donors (Lipinski definition) is 0. The number of thiophene rings is 1. The monoisotopic (exact) mass is 495 g/mol. The molecule has 0 spiro atoms. The zero-order valence-corrected chi connectivity index (χ0v) is 21.7. The van der Waals surface area contributed by atoms with E-state index in [-0.39, 0.29) is 12.0 Å². The molecule has 0 bridgehead atoms. The number of fused-ring (bicyclic) bond motifs is 1. The molecular formula is C26H33N5O3S. The minimum Gasteiger partial charge on any atom is -0.465 e. The third-order valence-corrected chi connectivity index (χ3v) is 8.18. The Morgan fingerprint density at radius 3 is 2.54 bits per heavy atom. The molecule has 35 heavy (non-hydrogen) atoms. The molecule has 186 valence electrons. The summed E-state index contributed by atoms with van der Waals surface area (Å²) in [6.07, 6.45) is 0. The Hall–Kier alpha value is -2.75. The van der Waals surface area contributed by atoms with E-state index in [9.17, 15) is 4.79 Å². The van der Waals surface area contributed by atoms with E-state index in [1.165, 1.54) is 22.9 Å². The predicted octanol–water partition coefficient (Wildman–Crippen LogP) is 3.64. The number of nitrogens with zero attached hydrogens (tertiary/aromatic N) is 5. The topological polar surface area (TPSA) is 71.0 Å². The van der Waals surface area contributed by atoms with Gasteiger partial charge < -0.3 is 19.3 Å². The second kappa shape index (κ2) is 10.1. The van der Waals surface area contributed by atoms with Gasteiger partial charge in [0.2, 0.25) is 0 Å². The Balaban J connectivity index is 1.40. The first-order valence-electron chi connectivity index (χ1n) is 12.2. The molecule has 0 radical (unpaired) electrons. The average molecular weight is 496 g/mol. The van der Waals surface area contributed by atoms with Gasteiger partial charge in [-0.05, 0) is 50.6 Å². The van der Waals surface area contributed by atoms with Crippen LogP contribution in [0, 0.1) is 13.8 Å². The summed E-state index contributed by atoms with van der Waals surface area (Å²) in [6, 6.07) is 7.95. The molecule has 0 amide bonds. The highest BCUT2D eigenvalue weighted by molar-refractivity contribution is 7.18. The predicted molar refractivity (Wildman–Crippen MR) is 140 cm³/mol. The first-order valence-corrected chi connectivity index (χ1v) is 13.0. The van der Waals surface area contributed by atoms with Crippen molar-refractivity contribution in [3.8, 4) is 0 Å². The van der Waals surface area contributed by atoms with Gasteiger partial charge >= 0.3 is 5.97 Å². The number of ether oxygens (including phenoxy) is 2. The number of morpholine rings is 1. The molecule has 9 heteroatoms. The third kappa shape index (κ3) is 4.85. The molecule has 2 fully saturated rings. The second-order valence-electron chi connectivity index (χ2n) is 9.34. The van der Waals surface area contributed by atoms with Crippen LogP contribution in [0.25, 0.3) is 10.2 Å². The van der Waals surface area contributed by atoms with Crippen molar-refractivity contribution >= 4 is 39.0 Å². The zero-order valence-electron chi connectivity index (χ0n) is 20.9. The van der Waals surface area contributed by atoms with E-state index in [1.54, 1.807) is 11.3 Å². The van der Waals surface area contributed by atoms with Crippen molar-refractivity contribution < 1.29 is 14.3 Å². The molecule has 2 aliphatic heterocycles. The Bertz CT molecular complexity index is 1210. The number of rotatable bonds is 5. The molecule has 3 aromatic rings. The van der Waals surface area contributed by atoms with Crippen molar-refractivity contribution in [1.29, 1.82) is 0 Å². The summed E-state index contributed by atoms with van der Waals surface area (Å²) < 4.78 is 10.3. The lowest BCUT2D eigenvalue weighted by Crippen LogP contribution is -2.52. The SMILES string of the molecule is COC(=O)c1ccc(N2CCN(c3nc(CN4CCOCC4)nc4sc(C)c(C)c34)C(C)C2)cc1. The maximum atomic E-state index is 11.8. The first kappa shape index (κ1) is 24.0. The van der Waals surface area contributed by atoms with E-state index in [2.05, 4.69) is 35.5 Å². The van der Waals surface area contributed by atoms with Gasteiger partial charge in [-0.1, -0.05) is 0 Å². The molecule has 1 aromatic carbocycles. The number of aryl methyl sites for hydroxylation is 2. The summed E-state index contributed by atoms with van der Waals surface area (Å²) in [4.78, 5) is 31.5. The summed E-state index contributed by atoms with van der Waals surface area (Å²) in [5, 5.41) is 1.20. The highest BCUT2D eigenvalue weighted by Gasteiger charge is 2.29. The van der Waals surface area contributed by atoms with Crippen LogP contribution < -0.4 is 9.80 Å². The number of methoxy groups -OCH3 is 1. The Labute approximate surface area is 210 Å². The second-order valence-corrected chi connectivity index (χ2v) is 10.5. The van der Waals surface area contributed by atoms with Gasteiger partial charge in [-0.15, -0.1) is 11.3 Å². The van der Waals surface area contributed by atoms with Gasteiger partial charge in [0.1, 0.15) is 16.5 Å². The number of aromatic nitrogens is 2. The molecule has 1 unspecified atom stereocenters. The fourth-order valence-corrected chi connectivity index (χ4v) is 5.98. The van der Waals surface area contributed by atoms with Gasteiger partial charge in [0.25, 0.3) is 0 Å². The molecule has 0 saturated carbocycles. The van der Waals surface area contributed by atoms with Crippen LogP contribution in [0.4, 0.5) is 11.5 Å². The van der Waals surface area contributed by atoms with Crippen LogP contribution in [-0.2, 0) is 16.0 Å². The summed E-state index contributed by atoms with van der Waals surface area (Å²) in [7, 11) is 1.41. The molecule has 8 nitrogen and oxygen atoms in total. The number of hydrogen-bond acceptors (Lipinski definition) is 9. The maximum Gasteiger partial charge on any atom is 0.337 e. The third-order valence-electron chi connectivity index (χ3n) is 7.08. The highest BCUT2D eigenvalue weighted by atomic mass is 32.1. The Kier molecular flexibility index (Phi) is 6.91. The van der Waals surface area contributed by atoms with Gasteiger partial charge in [-0.2, -0.15) is 0 Å². The lowest BCUT2D eigenvalue weighted by molar-refractivity contribution is 0.0331. The lowest BCUT2D eigenvalue weighted by Gasteiger charge is -2.42. The van der Waals surface area contributed by atoms with Gasteiger partial charge in [-0.25, -0.2) is 14.8 Å². The van der Waals surface area contributed by atoms with Crippen LogP contribution in [0.2, 0.25) is 0 Å². The summed E-state index contributed by atoms with van der Waals surface area (Å²) in [5.41, 5.74) is 2.97. The van der Waals surface area contributed by atoms with Crippen LogP contribution >= 0.6 is 11.3 Å². The van der Waals surface area contributed by atoms with E-state index in [1.807, 2.05) is 24.3 Å². The number of benzene rings is 1. The lowest BCUT2D eigenvalue weighted by atomic mass is 10.1. The smallest absolute Gasteiger partial charge is 0.337 e. The summed E-state index contributed by atoms with van der Waals surface area (Å²) in [5.74, 6) is 1.65. The minimum atomic E-state index is -0.308. The number of piperazine rings is 1. The van der Waals surface area contributed by atoms with Gasteiger partial charge in [-0.3, -0.25) is 4.90 Å².